The van der Waals surface area contributed by atoms with Crippen LogP contribution in [0.25, 0.3) is 0 Å². The van der Waals surface area contributed by atoms with Crippen molar-refractivity contribution in [2.24, 2.45) is 0 Å². The number of carbonyl (C=O) groups excluding carboxylic acids is 2. The van der Waals surface area contributed by atoms with Gasteiger partial charge in [-0.15, -0.1) is 0 Å². The largest absolute Gasteiger partial charge is 0.497 e. The number of methoxy groups -OCH3 is 1. The Balaban J connectivity index is 1.74. The molecule has 1 aliphatic heterocycles. The molecule has 4 rings (SSSR count). The molecule has 0 spiro atoms. The van der Waals surface area contributed by atoms with Crippen molar-refractivity contribution in [2.75, 3.05) is 12.0 Å². The molecule has 6 heteroatoms. The number of imide groups is 1. The van der Waals surface area contributed by atoms with Crippen LogP contribution in [0.1, 0.15) is 20.7 Å². The maximum Gasteiger partial charge on any atom is 0.266 e. The van der Waals surface area contributed by atoms with Gasteiger partial charge in [0.1, 0.15) is 17.3 Å². The second-order valence-electron chi connectivity index (χ2n) is 5.88. The lowest BCUT2D eigenvalue weighted by Gasteiger charge is -2.18. The van der Waals surface area contributed by atoms with E-state index in [2.05, 4.69) is 0 Å². The van der Waals surface area contributed by atoms with Crippen molar-refractivity contribution in [3.63, 3.8) is 0 Å². The topological polar surface area (TPSA) is 55.8 Å². The Kier molecular flexibility index (Phi) is 4.08. The minimum atomic E-state index is -0.580. The van der Waals surface area contributed by atoms with Crippen LogP contribution in [0.2, 0.25) is 0 Å². The van der Waals surface area contributed by atoms with E-state index in [1.54, 1.807) is 55.6 Å². The fraction of sp³-hybridized carbons (Fsp3) is 0.0476. The van der Waals surface area contributed by atoms with Crippen LogP contribution in [-0.4, -0.2) is 18.9 Å². The molecule has 0 saturated heterocycles. The highest BCUT2D eigenvalue weighted by Crippen LogP contribution is 2.37. The summed E-state index contributed by atoms with van der Waals surface area (Å²) in [5, 5.41) is 0. The zero-order valence-electron chi connectivity index (χ0n) is 14.3. The molecule has 0 unspecified atom stereocenters. The second-order valence-corrected chi connectivity index (χ2v) is 5.88. The van der Waals surface area contributed by atoms with Crippen LogP contribution in [0.15, 0.2) is 66.7 Å². The van der Waals surface area contributed by atoms with Gasteiger partial charge in [-0.25, -0.2) is 9.29 Å². The first-order valence-electron chi connectivity index (χ1n) is 8.18. The van der Waals surface area contributed by atoms with Gasteiger partial charge in [0.05, 0.1) is 23.9 Å². The molecule has 0 bridgehead atoms. The van der Waals surface area contributed by atoms with Gasteiger partial charge in [-0.3, -0.25) is 9.59 Å². The molecule has 0 N–H and O–H groups in total. The molecule has 5 nitrogen and oxygen atoms in total. The minimum Gasteiger partial charge on any atom is -0.497 e. The molecule has 1 aliphatic rings. The molecular weight excluding hydrogens is 349 g/mol. The van der Waals surface area contributed by atoms with Crippen molar-refractivity contribution in [1.82, 2.24) is 0 Å². The Morgan fingerprint density at radius 1 is 0.815 bits per heavy atom. The molecule has 0 fully saturated rings. The van der Waals surface area contributed by atoms with Crippen LogP contribution in [0, 0.1) is 5.82 Å². The quantitative estimate of drug-likeness (QED) is 0.644. The average molecular weight is 363 g/mol. The Labute approximate surface area is 154 Å². The van der Waals surface area contributed by atoms with E-state index in [1.165, 1.54) is 12.1 Å². The molecule has 1 heterocycles. The highest BCUT2D eigenvalue weighted by atomic mass is 19.1. The molecule has 0 aromatic heterocycles. The summed E-state index contributed by atoms with van der Waals surface area (Å²) in [6.45, 7) is 0. The molecule has 3 aromatic rings. The van der Waals surface area contributed by atoms with Crippen LogP contribution in [-0.2, 0) is 0 Å². The third kappa shape index (κ3) is 2.91. The van der Waals surface area contributed by atoms with Crippen LogP contribution in [0.3, 0.4) is 0 Å². The lowest BCUT2D eigenvalue weighted by atomic mass is 10.1. The number of nitrogens with zero attached hydrogens (tertiary/aromatic N) is 1. The number of carbonyl (C=O) groups is 2. The second kappa shape index (κ2) is 6.57. The summed E-state index contributed by atoms with van der Waals surface area (Å²) in [5.74, 6) is -0.302. The summed E-state index contributed by atoms with van der Waals surface area (Å²) >= 11 is 0. The van der Waals surface area contributed by atoms with Crippen molar-refractivity contribution >= 4 is 17.5 Å². The summed E-state index contributed by atoms with van der Waals surface area (Å²) in [6, 6.07) is 17.0. The summed E-state index contributed by atoms with van der Waals surface area (Å²) in [6.07, 6.45) is 0. The van der Waals surface area contributed by atoms with Crippen molar-refractivity contribution < 1.29 is 23.5 Å². The first-order valence-corrected chi connectivity index (χ1v) is 8.18. The van der Waals surface area contributed by atoms with Crippen LogP contribution in [0.5, 0.6) is 17.2 Å². The number of rotatable bonds is 4. The summed E-state index contributed by atoms with van der Waals surface area (Å²) in [7, 11) is 1.55. The van der Waals surface area contributed by atoms with Gasteiger partial charge < -0.3 is 9.47 Å². The zero-order chi connectivity index (χ0) is 19.0. The first-order chi connectivity index (χ1) is 13.1. The van der Waals surface area contributed by atoms with Gasteiger partial charge in [0.15, 0.2) is 5.75 Å². The van der Waals surface area contributed by atoms with Crippen LogP contribution >= 0.6 is 0 Å². The Morgan fingerprint density at radius 3 is 2.00 bits per heavy atom. The van der Waals surface area contributed by atoms with Crippen molar-refractivity contribution in [3.05, 3.63) is 83.7 Å². The van der Waals surface area contributed by atoms with E-state index in [1.807, 2.05) is 0 Å². The van der Waals surface area contributed by atoms with Gasteiger partial charge in [0.2, 0.25) is 0 Å². The van der Waals surface area contributed by atoms with E-state index < -0.39 is 17.6 Å². The van der Waals surface area contributed by atoms with E-state index >= 15 is 0 Å². The number of hydrogen-bond donors (Lipinski definition) is 0. The number of benzene rings is 3. The predicted octanol–water partition coefficient (Wildman–Crippen LogP) is 4.43. The van der Waals surface area contributed by atoms with Gasteiger partial charge >= 0.3 is 0 Å². The monoisotopic (exact) mass is 363 g/mol. The van der Waals surface area contributed by atoms with Gasteiger partial charge in [-0.1, -0.05) is 12.1 Å². The van der Waals surface area contributed by atoms with E-state index in [9.17, 15) is 14.0 Å². The average Bonchev–Trinajstić information content (AvgIpc) is 2.95. The van der Waals surface area contributed by atoms with Crippen molar-refractivity contribution in [3.8, 4) is 17.2 Å². The van der Waals surface area contributed by atoms with E-state index in [0.29, 0.717) is 11.5 Å². The fourth-order valence-electron chi connectivity index (χ4n) is 2.93. The molecule has 3 aromatic carbocycles. The maximum absolute atomic E-state index is 13.9. The first kappa shape index (κ1) is 16.8. The minimum absolute atomic E-state index is 0.0528. The number of halogens is 1. The van der Waals surface area contributed by atoms with Gasteiger partial charge in [-0.2, -0.15) is 0 Å². The van der Waals surface area contributed by atoms with E-state index in [0.717, 1.165) is 11.0 Å². The summed E-state index contributed by atoms with van der Waals surface area (Å²) in [4.78, 5) is 26.4. The van der Waals surface area contributed by atoms with Gasteiger partial charge in [0, 0.05) is 6.07 Å². The zero-order valence-corrected chi connectivity index (χ0v) is 14.3. The van der Waals surface area contributed by atoms with Crippen LogP contribution < -0.4 is 14.4 Å². The Morgan fingerprint density at radius 2 is 1.41 bits per heavy atom. The SMILES string of the molecule is COc1ccc(Oc2ccc(F)cc2N2C(=O)c3ccccc3C2=O)cc1. The number of hydrogen-bond acceptors (Lipinski definition) is 4. The summed E-state index contributed by atoms with van der Waals surface area (Å²) in [5.41, 5.74) is 0.612. The van der Waals surface area contributed by atoms with Gasteiger partial charge in [0.25, 0.3) is 11.8 Å². The smallest absolute Gasteiger partial charge is 0.266 e. The molecule has 0 radical (unpaired) electrons. The molecule has 2 amide bonds. The highest BCUT2D eigenvalue weighted by Gasteiger charge is 2.38. The van der Waals surface area contributed by atoms with Crippen molar-refractivity contribution in [1.29, 1.82) is 0 Å². The molecule has 134 valence electrons. The molecule has 0 aliphatic carbocycles. The summed E-state index contributed by atoms with van der Waals surface area (Å²) < 4.78 is 24.8. The van der Waals surface area contributed by atoms with E-state index in [4.69, 9.17) is 9.47 Å². The lowest BCUT2D eigenvalue weighted by Crippen LogP contribution is -2.29. The molecule has 27 heavy (non-hydrogen) atoms. The lowest BCUT2D eigenvalue weighted by molar-refractivity contribution is 0.0925. The normalized spacial score (nSPS) is 12.9. The number of amides is 2. The Bertz CT molecular complexity index is 1010. The fourth-order valence-corrected chi connectivity index (χ4v) is 2.93. The van der Waals surface area contributed by atoms with Crippen LogP contribution in [0.4, 0.5) is 10.1 Å². The third-order valence-corrected chi connectivity index (χ3v) is 4.24. The standard InChI is InChI=1S/C21H14FNO4/c1-26-14-7-9-15(10-8-14)27-19-11-6-13(22)12-18(19)23-20(24)16-4-2-3-5-17(16)21(23)25/h2-12H,1H3. The number of ether oxygens (including phenoxy) is 2. The molecule has 0 atom stereocenters. The maximum atomic E-state index is 13.9. The predicted molar refractivity (Wildman–Crippen MR) is 97.1 cm³/mol. The highest BCUT2D eigenvalue weighted by molar-refractivity contribution is 6.34. The number of anilines is 1. The van der Waals surface area contributed by atoms with Gasteiger partial charge in [-0.05, 0) is 48.5 Å². The molecular formula is C21H14FNO4. The molecule has 0 saturated carbocycles. The van der Waals surface area contributed by atoms with Crippen molar-refractivity contribution in [2.45, 2.75) is 0 Å². The Hall–Kier alpha value is -3.67. The number of fused-ring (bicyclic) bond motifs is 1. The van der Waals surface area contributed by atoms with E-state index in [-0.39, 0.29) is 22.6 Å². The third-order valence-electron chi connectivity index (χ3n) is 4.24.